The van der Waals surface area contributed by atoms with Crippen molar-refractivity contribution < 1.29 is 4.42 Å². The molecule has 0 N–H and O–H groups in total. The highest BCUT2D eigenvalue weighted by molar-refractivity contribution is 6.09. The molecule has 0 unspecified atom stereocenters. The van der Waals surface area contributed by atoms with Gasteiger partial charge in [-0.15, -0.1) is 0 Å². The minimum atomic E-state index is 0.880. The predicted octanol–water partition coefficient (Wildman–Crippen LogP) is 7.48. The monoisotopic (exact) mass is 400 g/mol. The average molecular weight is 400 g/mol. The molecule has 0 saturated carbocycles. The Morgan fingerprint density at radius 3 is 2.45 bits per heavy atom. The van der Waals surface area contributed by atoms with E-state index >= 15 is 0 Å². The lowest BCUT2D eigenvalue weighted by Gasteiger charge is -2.13. The molecule has 0 spiro atoms. The fraction of sp³-hybridized carbons (Fsp3) is 0.0714. The van der Waals surface area contributed by atoms with Crippen LogP contribution in [0.25, 0.3) is 55.2 Å². The van der Waals surface area contributed by atoms with Gasteiger partial charge in [0.2, 0.25) is 0 Å². The van der Waals surface area contributed by atoms with Crippen molar-refractivity contribution in [3.8, 4) is 22.4 Å². The highest BCUT2D eigenvalue weighted by Crippen LogP contribution is 2.37. The van der Waals surface area contributed by atoms with Crippen LogP contribution in [-0.2, 0) is 0 Å². The zero-order valence-electron chi connectivity index (χ0n) is 17.4. The van der Waals surface area contributed by atoms with E-state index in [1.165, 1.54) is 16.7 Å². The van der Waals surface area contributed by atoms with Gasteiger partial charge in [-0.2, -0.15) is 0 Å². The molecule has 0 radical (unpaired) electrons. The number of pyridine rings is 2. The summed E-state index contributed by atoms with van der Waals surface area (Å²) in [6.07, 6.45) is 3.80. The van der Waals surface area contributed by atoms with Crippen molar-refractivity contribution in [1.82, 2.24) is 9.97 Å². The average Bonchev–Trinajstić information content (AvgIpc) is 3.18. The number of furan rings is 1. The van der Waals surface area contributed by atoms with Crippen molar-refractivity contribution in [3.05, 3.63) is 96.3 Å². The van der Waals surface area contributed by atoms with Gasteiger partial charge in [0, 0.05) is 34.1 Å². The van der Waals surface area contributed by atoms with Crippen molar-refractivity contribution in [2.24, 2.45) is 0 Å². The summed E-state index contributed by atoms with van der Waals surface area (Å²) in [7, 11) is 0. The summed E-state index contributed by atoms with van der Waals surface area (Å²) in [5.41, 5.74) is 9.45. The third kappa shape index (κ3) is 2.82. The van der Waals surface area contributed by atoms with Gasteiger partial charge >= 0.3 is 0 Å². The number of rotatable bonds is 2. The summed E-state index contributed by atoms with van der Waals surface area (Å²) in [4.78, 5) is 9.27. The number of hydrogen-bond acceptors (Lipinski definition) is 3. The van der Waals surface area contributed by atoms with Gasteiger partial charge in [-0.1, -0.05) is 36.4 Å². The van der Waals surface area contributed by atoms with Crippen molar-refractivity contribution in [2.75, 3.05) is 0 Å². The molecule has 0 saturated heterocycles. The fourth-order valence-corrected chi connectivity index (χ4v) is 4.43. The van der Waals surface area contributed by atoms with Gasteiger partial charge in [-0.25, -0.2) is 0 Å². The lowest BCUT2D eigenvalue weighted by Crippen LogP contribution is -1.93. The number of hydrogen-bond donors (Lipinski definition) is 0. The minimum Gasteiger partial charge on any atom is -0.455 e. The predicted molar refractivity (Wildman–Crippen MR) is 127 cm³/mol. The second-order valence-electron chi connectivity index (χ2n) is 8.03. The molecule has 0 amide bonds. The van der Waals surface area contributed by atoms with Crippen LogP contribution in [0.1, 0.15) is 11.1 Å². The molecule has 0 aliphatic heterocycles. The van der Waals surface area contributed by atoms with E-state index in [0.29, 0.717) is 0 Å². The Morgan fingerprint density at radius 2 is 1.52 bits per heavy atom. The zero-order valence-corrected chi connectivity index (χ0v) is 17.4. The van der Waals surface area contributed by atoms with Gasteiger partial charge < -0.3 is 4.42 Å². The molecule has 0 atom stereocenters. The molecule has 148 valence electrons. The Morgan fingerprint density at radius 1 is 0.677 bits per heavy atom. The molecule has 0 aliphatic rings. The van der Waals surface area contributed by atoms with E-state index in [4.69, 9.17) is 9.40 Å². The Balaban J connectivity index is 1.58. The SMILES string of the molecule is Cc1cnc(-c2cccc3c2oc2ccccc23)cc1-c1cc2cccnc2cc1C. The van der Waals surface area contributed by atoms with Gasteiger partial charge in [0.15, 0.2) is 0 Å². The quantitative estimate of drug-likeness (QED) is 0.302. The van der Waals surface area contributed by atoms with E-state index in [1.807, 2.05) is 36.7 Å². The normalized spacial score (nSPS) is 11.5. The van der Waals surface area contributed by atoms with E-state index < -0.39 is 0 Å². The van der Waals surface area contributed by atoms with E-state index in [2.05, 4.69) is 67.4 Å². The van der Waals surface area contributed by atoms with E-state index in [1.54, 1.807) is 0 Å². The summed E-state index contributed by atoms with van der Waals surface area (Å²) in [5, 5.41) is 3.38. The van der Waals surface area contributed by atoms with Crippen LogP contribution >= 0.6 is 0 Å². The molecule has 6 rings (SSSR count). The molecule has 3 aromatic heterocycles. The summed E-state index contributed by atoms with van der Waals surface area (Å²) < 4.78 is 6.25. The number of nitrogens with zero attached hydrogens (tertiary/aromatic N) is 2. The first-order chi connectivity index (χ1) is 15.2. The smallest absolute Gasteiger partial charge is 0.144 e. The van der Waals surface area contributed by atoms with E-state index in [-0.39, 0.29) is 0 Å². The highest BCUT2D eigenvalue weighted by atomic mass is 16.3. The first-order valence-electron chi connectivity index (χ1n) is 10.4. The molecule has 3 heterocycles. The second-order valence-corrected chi connectivity index (χ2v) is 8.03. The maximum absolute atomic E-state index is 6.25. The first-order valence-corrected chi connectivity index (χ1v) is 10.4. The van der Waals surface area contributed by atoms with Crippen molar-refractivity contribution >= 4 is 32.8 Å². The summed E-state index contributed by atoms with van der Waals surface area (Å²) >= 11 is 0. The van der Waals surface area contributed by atoms with E-state index in [0.717, 1.165) is 49.7 Å². The molecule has 0 fully saturated rings. The standard InChI is InChI=1S/C28H20N2O/c1-17-13-25-19(7-6-12-29-25)14-23(17)24-15-26(30-16-18(24)2)22-10-5-9-21-20-8-3-4-11-27(20)31-28(21)22/h3-16H,1-2H3. The maximum atomic E-state index is 6.25. The molecular weight excluding hydrogens is 380 g/mol. The lowest BCUT2D eigenvalue weighted by molar-refractivity contribution is 0.670. The van der Waals surface area contributed by atoms with Gasteiger partial charge in [-0.3, -0.25) is 9.97 Å². The number of fused-ring (bicyclic) bond motifs is 4. The number of benzene rings is 3. The van der Waals surface area contributed by atoms with Crippen LogP contribution in [-0.4, -0.2) is 9.97 Å². The topological polar surface area (TPSA) is 38.9 Å². The Labute approximate surface area is 180 Å². The van der Waals surface area contributed by atoms with Crippen molar-refractivity contribution in [2.45, 2.75) is 13.8 Å². The highest BCUT2D eigenvalue weighted by Gasteiger charge is 2.15. The number of para-hydroxylation sites is 2. The van der Waals surface area contributed by atoms with Crippen molar-refractivity contribution in [1.29, 1.82) is 0 Å². The number of aromatic nitrogens is 2. The Bertz CT molecular complexity index is 1610. The largest absolute Gasteiger partial charge is 0.455 e. The van der Waals surface area contributed by atoms with Crippen LogP contribution in [0.5, 0.6) is 0 Å². The van der Waals surface area contributed by atoms with Crippen LogP contribution in [0.4, 0.5) is 0 Å². The van der Waals surface area contributed by atoms with Crippen LogP contribution in [0, 0.1) is 13.8 Å². The van der Waals surface area contributed by atoms with Crippen LogP contribution in [0.3, 0.4) is 0 Å². The molecular formula is C28H20N2O. The minimum absolute atomic E-state index is 0.880. The molecule has 0 bridgehead atoms. The van der Waals surface area contributed by atoms with Crippen LogP contribution < -0.4 is 0 Å². The third-order valence-corrected chi connectivity index (χ3v) is 6.02. The summed E-state index contributed by atoms with van der Waals surface area (Å²) in [6, 6.07) is 25.1. The first kappa shape index (κ1) is 17.8. The molecule has 3 heteroatoms. The molecule has 0 aliphatic carbocycles. The van der Waals surface area contributed by atoms with Gasteiger partial charge in [0.25, 0.3) is 0 Å². The Kier molecular flexibility index (Phi) is 3.90. The van der Waals surface area contributed by atoms with Crippen LogP contribution in [0.2, 0.25) is 0 Å². The Hall–Kier alpha value is -3.98. The zero-order chi connectivity index (χ0) is 20.9. The van der Waals surface area contributed by atoms with Gasteiger partial charge in [0.05, 0.1) is 11.2 Å². The summed E-state index contributed by atoms with van der Waals surface area (Å²) in [6.45, 7) is 4.25. The van der Waals surface area contributed by atoms with Gasteiger partial charge in [0.1, 0.15) is 11.2 Å². The van der Waals surface area contributed by atoms with Crippen molar-refractivity contribution in [3.63, 3.8) is 0 Å². The molecule has 3 nitrogen and oxygen atoms in total. The summed E-state index contributed by atoms with van der Waals surface area (Å²) in [5.74, 6) is 0. The molecule has 6 aromatic rings. The maximum Gasteiger partial charge on any atom is 0.144 e. The fourth-order valence-electron chi connectivity index (χ4n) is 4.43. The van der Waals surface area contributed by atoms with Gasteiger partial charge in [-0.05, 0) is 72.5 Å². The van der Waals surface area contributed by atoms with E-state index in [9.17, 15) is 0 Å². The second kappa shape index (κ2) is 6.78. The lowest BCUT2D eigenvalue weighted by atomic mass is 9.94. The van der Waals surface area contributed by atoms with Crippen LogP contribution in [0.15, 0.2) is 89.6 Å². The molecule has 3 aromatic carbocycles. The number of aryl methyl sites for hydroxylation is 2. The molecule has 31 heavy (non-hydrogen) atoms. The third-order valence-electron chi connectivity index (χ3n) is 6.02.